The van der Waals surface area contributed by atoms with E-state index in [9.17, 15) is 9.90 Å². The molecule has 4 N–H and O–H groups in total. The molecule has 5 rings (SSSR count). The predicted octanol–water partition coefficient (Wildman–Crippen LogP) is 2.95. The second-order valence-corrected chi connectivity index (χ2v) is 7.46. The second-order valence-electron chi connectivity index (χ2n) is 7.46. The largest absolute Gasteiger partial charge is 0.385 e. The van der Waals surface area contributed by atoms with Crippen LogP contribution in [-0.2, 0) is 0 Å². The van der Waals surface area contributed by atoms with E-state index in [1.165, 1.54) is 0 Å². The van der Waals surface area contributed by atoms with Gasteiger partial charge < -0.3 is 25.0 Å². The first-order valence-electron chi connectivity index (χ1n) is 10.1. The first kappa shape index (κ1) is 19.7. The van der Waals surface area contributed by atoms with Crippen molar-refractivity contribution in [3.8, 4) is 17.1 Å². The van der Waals surface area contributed by atoms with Crippen molar-refractivity contribution in [3.63, 3.8) is 0 Å². The number of hydrogen-bond donors (Lipinski definition) is 4. The van der Waals surface area contributed by atoms with Gasteiger partial charge in [-0.25, -0.2) is 9.97 Å². The van der Waals surface area contributed by atoms with Crippen molar-refractivity contribution in [1.82, 2.24) is 29.5 Å². The van der Waals surface area contributed by atoms with E-state index in [0.29, 0.717) is 22.8 Å². The fourth-order valence-corrected chi connectivity index (χ4v) is 3.70. The Bertz CT molecular complexity index is 1420. The number of aryl methyl sites for hydroxylation is 1. The van der Waals surface area contributed by atoms with Gasteiger partial charge in [0.1, 0.15) is 17.5 Å². The van der Waals surface area contributed by atoms with Gasteiger partial charge in [0, 0.05) is 37.0 Å². The summed E-state index contributed by atoms with van der Waals surface area (Å²) in [5.41, 5.74) is 4.73. The van der Waals surface area contributed by atoms with Gasteiger partial charge in [-0.1, -0.05) is 6.07 Å². The van der Waals surface area contributed by atoms with Gasteiger partial charge in [0.2, 0.25) is 0 Å². The summed E-state index contributed by atoms with van der Waals surface area (Å²) in [5.74, 6) is 0.447. The highest BCUT2D eigenvalue weighted by Crippen LogP contribution is 2.27. The van der Waals surface area contributed by atoms with Crippen LogP contribution in [-0.4, -0.2) is 41.1 Å². The van der Waals surface area contributed by atoms with Gasteiger partial charge in [0.25, 0.3) is 5.56 Å². The predicted molar refractivity (Wildman–Crippen MR) is 122 cm³/mol. The van der Waals surface area contributed by atoms with Crippen LogP contribution >= 0.6 is 0 Å². The van der Waals surface area contributed by atoms with Gasteiger partial charge in [0.05, 0.1) is 28.7 Å². The third-order valence-electron chi connectivity index (χ3n) is 5.28. The molecule has 9 heteroatoms. The number of H-pyrrole nitrogens is 2. The van der Waals surface area contributed by atoms with Crippen molar-refractivity contribution in [2.45, 2.75) is 13.0 Å². The van der Waals surface area contributed by atoms with Crippen molar-refractivity contribution in [3.05, 3.63) is 89.1 Å². The van der Waals surface area contributed by atoms with Gasteiger partial charge in [0.15, 0.2) is 0 Å². The van der Waals surface area contributed by atoms with Crippen molar-refractivity contribution < 1.29 is 5.11 Å². The van der Waals surface area contributed by atoms with Gasteiger partial charge in [-0.15, -0.1) is 0 Å². The number of nitrogens with one attached hydrogen (secondary N) is 3. The molecular weight excluding hydrogens is 406 g/mol. The minimum Gasteiger partial charge on any atom is -0.385 e. The lowest BCUT2D eigenvalue weighted by molar-refractivity contribution is 0.187. The molecule has 0 spiro atoms. The second kappa shape index (κ2) is 8.12. The normalized spacial score (nSPS) is 12.2. The standard InChI is InChI=1S/C23H21N7O2/c1-14-10-15(30-9-8-24-13-30)11-18-21(14)29-22(28-18)20-17(5-7-26-23(20)32)27-12-19(31)16-4-2-3-6-25-16/h2-11,13,19,31H,12H2,1H3,(H,28,29)(H2,26,27,32)/t19-/m1/s1. The number of aromatic amines is 2. The Labute approximate surface area is 182 Å². The molecule has 160 valence electrons. The molecule has 32 heavy (non-hydrogen) atoms. The number of hydrogen-bond acceptors (Lipinski definition) is 6. The summed E-state index contributed by atoms with van der Waals surface area (Å²) < 4.78 is 1.91. The van der Waals surface area contributed by atoms with Gasteiger partial charge in [-0.2, -0.15) is 0 Å². The monoisotopic (exact) mass is 427 g/mol. The fraction of sp³-hybridized carbons (Fsp3) is 0.130. The van der Waals surface area contributed by atoms with Gasteiger partial charge in [-0.05, 0) is 42.8 Å². The van der Waals surface area contributed by atoms with Crippen LogP contribution in [0, 0.1) is 6.92 Å². The molecule has 0 bridgehead atoms. The summed E-state index contributed by atoms with van der Waals surface area (Å²) in [4.78, 5) is 31.7. The summed E-state index contributed by atoms with van der Waals surface area (Å²) in [6.45, 7) is 2.17. The summed E-state index contributed by atoms with van der Waals surface area (Å²) in [6.07, 6.45) is 7.69. The number of imidazole rings is 2. The van der Waals surface area contributed by atoms with Crippen LogP contribution in [0.4, 0.5) is 5.69 Å². The van der Waals surface area contributed by atoms with Crippen molar-refractivity contribution in [2.24, 2.45) is 0 Å². The summed E-state index contributed by atoms with van der Waals surface area (Å²) in [7, 11) is 0. The SMILES string of the molecule is Cc1cc(-n2ccnc2)cc2[nH]c(-c3c(NC[C@@H](O)c4ccccn4)cc[nH]c3=O)nc12. The Morgan fingerprint density at radius 1 is 1.22 bits per heavy atom. The molecule has 0 aliphatic carbocycles. The zero-order chi connectivity index (χ0) is 22.1. The van der Waals surface area contributed by atoms with E-state index in [4.69, 9.17) is 4.98 Å². The van der Waals surface area contributed by atoms with E-state index in [0.717, 1.165) is 22.3 Å². The van der Waals surface area contributed by atoms with Crippen molar-refractivity contribution in [1.29, 1.82) is 0 Å². The zero-order valence-electron chi connectivity index (χ0n) is 17.3. The molecular formula is C23H21N7O2. The zero-order valence-corrected chi connectivity index (χ0v) is 17.3. The number of anilines is 1. The summed E-state index contributed by atoms with van der Waals surface area (Å²) >= 11 is 0. The third kappa shape index (κ3) is 3.65. The van der Waals surface area contributed by atoms with Gasteiger partial charge >= 0.3 is 0 Å². The number of benzene rings is 1. The average molecular weight is 427 g/mol. The molecule has 0 amide bonds. The molecule has 0 unspecified atom stereocenters. The van der Waals surface area contributed by atoms with E-state index >= 15 is 0 Å². The number of aromatic nitrogens is 6. The Balaban J connectivity index is 1.51. The van der Waals surface area contributed by atoms with E-state index in [-0.39, 0.29) is 12.1 Å². The minimum absolute atomic E-state index is 0.192. The topological polar surface area (TPSA) is 125 Å². The molecule has 4 heterocycles. The lowest BCUT2D eigenvalue weighted by Crippen LogP contribution is -2.17. The molecule has 0 aliphatic heterocycles. The lowest BCUT2D eigenvalue weighted by Gasteiger charge is -2.14. The molecule has 0 aliphatic rings. The number of aliphatic hydroxyl groups excluding tert-OH is 1. The maximum atomic E-state index is 12.7. The van der Waals surface area contributed by atoms with Crippen molar-refractivity contribution >= 4 is 16.7 Å². The van der Waals surface area contributed by atoms with Crippen LogP contribution in [0.25, 0.3) is 28.1 Å². The summed E-state index contributed by atoms with van der Waals surface area (Å²) in [6, 6.07) is 11.1. The fourth-order valence-electron chi connectivity index (χ4n) is 3.70. The minimum atomic E-state index is -0.820. The molecule has 0 saturated carbocycles. The lowest BCUT2D eigenvalue weighted by atomic mass is 10.2. The molecule has 1 aromatic carbocycles. The van der Waals surface area contributed by atoms with E-state index in [1.807, 2.05) is 35.9 Å². The van der Waals surface area contributed by atoms with E-state index in [1.54, 1.807) is 43.1 Å². The molecule has 0 saturated heterocycles. The van der Waals surface area contributed by atoms with Crippen LogP contribution in [0.3, 0.4) is 0 Å². The highest BCUT2D eigenvalue weighted by atomic mass is 16.3. The van der Waals surface area contributed by atoms with Crippen LogP contribution in [0.5, 0.6) is 0 Å². The van der Waals surface area contributed by atoms with Gasteiger partial charge in [-0.3, -0.25) is 9.78 Å². The number of fused-ring (bicyclic) bond motifs is 1. The Kier molecular flexibility index (Phi) is 5.00. The highest BCUT2D eigenvalue weighted by molar-refractivity contribution is 5.86. The molecule has 0 radical (unpaired) electrons. The van der Waals surface area contributed by atoms with Crippen LogP contribution in [0.1, 0.15) is 17.4 Å². The van der Waals surface area contributed by atoms with Crippen LogP contribution < -0.4 is 10.9 Å². The van der Waals surface area contributed by atoms with Crippen LogP contribution in [0.2, 0.25) is 0 Å². The summed E-state index contributed by atoms with van der Waals surface area (Å²) in [5, 5.41) is 13.6. The number of pyridine rings is 2. The third-order valence-corrected chi connectivity index (χ3v) is 5.28. The first-order valence-corrected chi connectivity index (χ1v) is 10.1. The average Bonchev–Trinajstić information content (AvgIpc) is 3.48. The maximum Gasteiger partial charge on any atom is 0.261 e. The van der Waals surface area contributed by atoms with E-state index in [2.05, 4.69) is 25.3 Å². The first-order chi connectivity index (χ1) is 15.6. The maximum absolute atomic E-state index is 12.7. The number of rotatable bonds is 6. The highest BCUT2D eigenvalue weighted by Gasteiger charge is 2.17. The van der Waals surface area contributed by atoms with E-state index < -0.39 is 6.10 Å². The number of aliphatic hydroxyl groups is 1. The molecule has 4 aromatic heterocycles. The van der Waals surface area contributed by atoms with Crippen molar-refractivity contribution in [2.75, 3.05) is 11.9 Å². The Hall–Kier alpha value is -4.24. The molecule has 0 fully saturated rings. The molecule has 5 aromatic rings. The quantitative estimate of drug-likeness (QED) is 0.330. The molecule has 1 atom stereocenters. The van der Waals surface area contributed by atoms with Crippen LogP contribution in [0.15, 0.2) is 72.3 Å². The molecule has 9 nitrogen and oxygen atoms in total. The Morgan fingerprint density at radius 2 is 2.12 bits per heavy atom. The Morgan fingerprint density at radius 3 is 2.91 bits per heavy atom. The smallest absolute Gasteiger partial charge is 0.261 e. The number of nitrogens with zero attached hydrogens (tertiary/aromatic N) is 4.